The molecule has 0 aliphatic carbocycles. The monoisotopic (exact) mass is 513 g/mol. The summed E-state index contributed by atoms with van der Waals surface area (Å²) in [5, 5.41) is 12.8. The highest BCUT2D eigenvalue weighted by Crippen LogP contribution is 2.38. The van der Waals surface area contributed by atoms with Crippen LogP contribution in [0.3, 0.4) is 0 Å². The molecule has 4 rings (SSSR count). The zero-order valence-electron chi connectivity index (χ0n) is 20.1. The van der Waals surface area contributed by atoms with Gasteiger partial charge in [0.05, 0.1) is 28.1 Å². The maximum absolute atomic E-state index is 12.3. The minimum Gasteiger partial charge on any atom is -0.497 e. The van der Waals surface area contributed by atoms with Gasteiger partial charge in [-0.3, -0.25) is 9.78 Å². The molecule has 0 bridgehead atoms. The molecule has 186 valence electrons. The van der Waals surface area contributed by atoms with Crippen LogP contribution in [0.15, 0.2) is 53.8 Å². The number of piperidine rings is 1. The number of nitrogens with zero attached hydrogens (tertiary/aromatic N) is 3. The Morgan fingerprint density at radius 2 is 2.03 bits per heavy atom. The number of aromatic nitrogens is 2. The van der Waals surface area contributed by atoms with Crippen molar-refractivity contribution >= 4 is 40.2 Å². The second kappa shape index (κ2) is 12.1. The van der Waals surface area contributed by atoms with E-state index in [0.29, 0.717) is 30.7 Å². The summed E-state index contributed by atoms with van der Waals surface area (Å²) in [5.74, 6) is 1.11. The Bertz CT molecular complexity index is 1140. The fourth-order valence-electron chi connectivity index (χ4n) is 4.86. The number of thioether (sulfide) groups is 1. The van der Waals surface area contributed by atoms with Crippen molar-refractivity contribution in [1.82, 2.24) is 14.9 Å². The number of carbonyl (C=O) groups is 1. The van der Waals surface area contributed by atoms with Crippen molar-refractivity contribution in [2.24, 2.45) is 5.41 Å². The van der Waals surface area contributed by atoms with Crippen LogP contribution in [0.4, 0.5) is 0 Å². The minimum absolute atomic E-state index is 0.619. The van der Waals surface area contributed by atoms with Gasteiger partial charge in [0.1, 0.15) is 5.75 Å². The Labute approximate surface area is 216 Å². The molecule has 1 N–H and O–H groups in total. The first-order valence-electron chi connectivity index (χ1n) is 12.1. The molecule has 6 nitrogen and oxygen atoms in total. The predicted octanol–water partition coefficient (Wildman–Crippen LogP) is 5.96. The lowest BCUT2D eigenvalue weighted by atomic mass is 9.74. The normalized spacial score (nSPS) is 15.8. The fourth-order valence-corrected chi connectivity index (χ4v) is 5.90. The number of carboxylic acid groups (broad SMARTS) is 1. The largest absolute Gasteiger partial charge is 0.497 e. The van der Waals surface area contributed by atoms with Gasteiger partial charge in [-0.05, 0) is 94.1 Å². The van der Waals surface area contributed by atoms with Crippen LogP contribution in [0.2, 0.25) is 5.02 Å². The summed E-state index contributed by atoms with van der Waals surface area (Å²) in [7, 11) is 1.64. The maximum atomic E-state index is 12.3. The van der Waals surface area contributed by atoms with Crippen LogP contribution in [0, 0.1) is 5.41 Å². The van der Waals surface area contributed by atoms with E-state index in [1.807, 2.05) is 42.6 Å². The van der Waals surface area contributed by atoms with Gasteiger partial charge in [0, 0.05) is 23.5 Å². The predicted molar refractivity (Wildman–Crippen MR) is 142 cm³/mol. The smallest absolute Gasteiger partial charge is 0.309 e. The quantitative estimate of drug-likeness (QED) is 0.250. The van der Waals surface area contributed by atoms with E-state index in [0.717, 1.165) is 65.5 Å². The summed E-state index contributed by atoms with van der Waals surface area (Å²) in [5.41, 5.74) is 1.22. The molecule has 3 aromatic rings. The summed E-state index contributed by atoms with van der Waals surface area (Å²) in [6.07, 6.45) is 8.08. The molecule has 1 saturated heterocycles. The molecule has 35 heavy (non-hydrogen) atoms. The lowest BCUT2D eigenvalue weighted by molar-refractivity contribution is -0.152. The van der Waals surface area contributed by atoms with Crippen LogP contribution in [-0.2, 0) is 11.2 Å². The summed E-state index contributed by atoms with van der Waals surface area (Å²) >= 11 is 8.28. The Kier molecular flexibility index (Phi) is 8.87. The third-order valence-corrected chi connectivity index (χ3v) is 8.35. The number of aryl methyl sites for hydroxylation is 1. The molecule has 8 heteroatoms. The van der Waals surface area contributed by atoms with E-state index in [4.69, 9.17) is 16.3 Å². The Hall–Kier alpha value is -2.35. The molecule has 0 amide bonds. The first-order valence-corrected chi connectivity index (χ1v) is 13.5. The Morgan fingerprint density at radius 3 is 2.74 bits per heavy atom. The zero-order chi connectivity index (χ0) is 24.7. The molecule has 1 fully saturated rings. The van der Waals surface area contributed by atoms with E-state index in [1.54, 1.807) is 25.1 Å². The number of pyridine rings is 2. The number of benzene rings is 1. The van der Waals surface area contributed by atoms with Gasteiger partial charge in [-0.1, -0.05) is 17.7 Å². The lowest BCUT2D eigenvalue weighted by Gasteiger charge is -2.39. The van der Waals surface area contributed by atoms with Crippen molar-refractivity contribution in [3.63, 3.8) is 0 Å². The van der Waals surface area contributed by atoms with Crippen molar-refractivity contribution in [3.8, 4) is 5.75 Å². The van der Waals surface area contributed by atoms with E-state index in [2.05, 4.69) is 14.9 Å². The number of hydrogen-bond donors (Lipinski definition) is 1. The molecule has 1 aromatic carbocycles. The fraction of sp³-hybridized carbons (Fsp3) is 0.444. The molecule has 0 saturated carbocycles. The molecule has 1 aliphatic rings. The number of rotatable bonds is 11. The van der Waals surface area contributed by atoms with Crippen molar-refractivity contribution in [2.45, 2.75) is 43.6 Å². The SMILES string of the molecule is COc1ccc2ncc(Cl)c(CCCC3(C(=O)O)CCN(CCCSc4ccccn4)CC3)c2c1. The number of ether oxygens (including phenoxy) is 1. The molecule has 2 aromatic heterocycles. The van der Waals surface area contributed by atoms with Gasteiger partial charge in [-0.15, -0.1) is 11.8 Å². The van der Waals surface area contributed by atoms with Gasteiger partial charge in [0.25, 0.3) is 0 Å². The standard InChI is InChI=1S/C27H32ClN3O3S/c1-34-20-8-9-24-22(18-20)21(23(28)19-30-24)6-4-10-27(26(32)33)11-15-31(16-12-27)14-5-17-35-25-7-2-3-13-29-25/h2-3,7-9,13,18-19H,4-6,10-12,14-17H2,1H3,(H,32,33). The number of carboxylic acids is 1. The first-order chi connectivity index (χ1) is 17.0. The first kappa shape index (κ1) is 25.7. The topological polar surface area (TPSA) is 75.6 Å². The molecule has 0 radical (unpaired) electrons. The number of halogens is 1. The average molecular weight is 514 g/mol. The Balaban J connectivity index is 1.30. The highest BCUT2D eigenvalue weighted by Gasteiger charge is 2.40. The van der Waals surface area contributed by atoms with E-state index in [9.17, 15) is 9.90 Å². The van der Waals surface area contributed by atoms with Crippen molar-refractivity contribution in [3.05, 3.63) is 59.4 Å². The summed E-state index contributed by atoms with van der Waals surface area (Å²) < 4.78 is 5.37. The van der Waals surface area contributed by atoms with E-state index < -0.39 is 11.4 Å². The maximum Gasteiger partial charge on any atom is 0.309 e. The number of hydrogen-bond acceptors (Lipinski definition) is 6. The third kappa shape index (κ3) is 6.46. The van der Waals surface area contributed by atoms with Crippen molar-refractivity contribution in [2.75, 3.05) is 32.5 Å². The molecule has 1 aliphatic heterocycles. The second-order valence-corrected chi connectivity index (χ2v) is 10.6. The second-order valence-electron chi connectivity index (χ2n) is 9.12. The van der Waals surface area contributed by atoms with Gasteiger partial charge in [0.15, 0.2) is 0 Å². The highest BCUT2D eigenvalue weighted by atomic mass is 35.5. The van der Waals surface area contributed by atoms with Gasteiger partial charge in [-0.2, -0.15) is 0 Å². The van der Waals surface area contributed by atoms with Gasteiger partial charge in [0.2, 0.25) is 0 Å². The minimum atomic E-state index is -0.671. The van der Waals surface area contributed by atoms with Crippen LogP contribution in [0.25, 0.3) is 10.9 Å². The molecule has 0 spiro atoms. The summed E-state index contributed by atoms with van der Waals surface area (Å²) in [6.45, 7) is 2.66. The molecule has 0 atom stereocenters. The molecule has 0 unspecified atom stereocenters. The van der Waals surface area contributed by atoms with Gasteiger partial charge < -0.3 is 14.7 Å². The number of fused-ring (bicyclic) bond motifs is 1. The van der Waals surface area contributed by atoms with E-state index in [1.165, 1.54) is 0 Å². The van der Waals surface area contributed by atoms with Crippen LogP contribution in [-0.4, -0.2) is 58.4 Å². The van der Waals surface area contributed by atoms with Crippen LogP contribution in [0.5, 0.6) is 5.75 Å². The summed E-state index contributed by atoms with van der Waals surface area (Å²) in [4.78, 5) is 23.5. The van der Waals surface area contributed by atoms with Crippen LogP contribution < -0.4 is 4.74 Å². The number of methoxy groups -OCH3 is 1. The van der Waals surface area contributed by atoms with Crippen LogP contribution >= 0.6 is 23.4 Å². The van der Waals surface area contributed by atoms with Crippen molar-refractivity contribution < 1.29 is 14.6 Å². The zero-order valence-corrected chi connectivity index (χ0v) is 21.7. The third-order valence-electron chi connectivity index (χ3n) is 6.99. The van der Waals surface area contributed by atoms with Gasteiger partial charge >= 0.3 is 5.97 Å². The molecular weight excluding hydrogens is 482 g/mol. The van der Waals surface area contributed by atoms with Gasteiger partial charge in [-0.25, -0.2) is 4.98 Å². The Morgan fingerprint density at radius 1 is 1.20 bits per heavy atom. The average Bonchev–Trinajstić information content (AvgIpc) is 2.89. The highest BCUT2D eigenvalue weighted by molar-refractivity contribution is 7.99. The molecular formula is C27H32ClN3O3S. The van der Waals surface area contributed by atoms with E-state index >= 15 is 0 Å². The van der Waals surface area contributed by atoms with E-state index in [-0.39, 0.29) is 0 Å². The summed E-state index contributed by atoms with van der Waals surface area (Å²) in [6, 6.07) is 11.7. The van der Waals surface area contributed by atoms with Crippen LogP contribution in [0.1, 0.15) is 37.7 Å². The molecule has 3 heterocycles. The number of likely N-dealkylation sites (tertiary alicyclic amines) is 1. The lowest BCUT2D eigenvalue weighted by Crippen LogP contribution is -2.44. The number of aliphatic carboxylic acids is 1. The van der Waals surface area contributed by atoms with Crippen molar-refractivity contribution in [1.29, 1.82) is 0 Å².